The van der Waals surface area contributed by atoms with Crippen LogP contribution in [-0.4, -0.2) is 11.7 Å². The summed E-state index contributed by atoms with van der Waals surface area (Å²) in [5.41, 5.74) is 5.88. The second-order valence-corrected chi connectivity index (χ2v) is 3.72. The van der Waals surface area contributed by atoms with Gasteiger partial charge in [-0.15, -0.1) is 0 Å². The topological polar surface area (TPSA) is 48.8 Å². The van der Waals surface area contributed by atoms with E-state index in [-0.39, 0.29) is 19.3 Å². The maximum Gasteiger partial charge on any atom is 0.394 e. The van der Waals surface area contributed by atoms with Crippen LogP contribution in [0.5, 0.6) is 0 Å². The molecule has 0 aromatic heterocycles. The molecule has 66 valence electrons. The highest BCUT2D eigenvalue weighted by molar-refractivity contribution is 5.25. The molecule has 3 aliphatic carbocycles. The van der Waals surface area contributed by atoms with Crippen molar-refractivity contribution in [3.8, 4) is 0 Å². The van der Waals surface area contributed by atoms with Crippen LogP contribution in [-0.2, 0) is 0 Å². The molecule has 0 amide bonds. The van der Waals surface area contributed by atoms with Crippen LogP contribution in [0.3, 0.4) is 0 Å². The van der Waals surface area contributed by atoms with E-state index in [0.717, 1.165) is 0 Å². The molecule has 0 N–H and O–H groups in total. The van der Waals surface area contributed by atoms with Crippen molar-refractivity contribution < 1.29 is 13.2 Å². The predicted octanol–water partition coefficient (Wildman–Crippen LogP) is 2.78. The van der Waals surface area contributed by atoms with Crippen LogP contribution in [0.25, 0.3) is 10.4 Å². The summed E-state index contributed by atoms with van der Waals surface area (Å²) in [4.78, 5) is 2.54. The molecule has 3 saturated carbocycles. The predicted molar refractivity (Wildman–Crippen MR) is 34.2 cm³/mol. The third kappa shape index (κ3) is 0.659. The van der Waals surface area contributed by atoms with Crippen molar-refractivity contribution >= 4 is 0 Å². The zero-order chi connectivity index (χ0) is 9.04. The van der Waals surface area contributed by atoms with Gasteiger partial charge >= 0.3 is 6.18 Å². The van der Waals surface area contributed by atoms with Crippen molar-refractivity contribution in [2.45, 2.75) is 31.0 Å². The first-order valence-electron chi connectivity index (χ1n) is 3.56. The van der Waals surface area contributed by atoms with Crippen molar-refractivity contribution in [3.05, 3.63) is 10.4 Å². The second kappa shape index (κ2) is 1.71. The van der Waals surface area contributed by atoms with Gasteiger partial charge in [0.2, 0.25) is 0 Å². The zero-order valence-corrected chi connectivity index (χ0v) is 6.10. The molecule has 3 rings (SSSR count). The van der Waals surface area contributed by atoms with Crippen LogP contribution in [0.15, 0.2) is 5.11 Å². The SMILES string of the molecule is [N-]=[N+]=NC12CC(C(F)(F)F)(C1)C2. The van der Waals surface area contributed by atoms with E-state index >= 15 is 0 Å². The maximum atomic E-state index is 12.2. The van der Waals surface area contributed by atoms with Crippen molar-refractivity contribution in [1.29, 1.82) is 0 Å². The number of hydrogen-bond acceptors (Lipinski definition) is 1. The molecule has 0 unspecified atom stereocenters. The molecule has 0 aliphatic heterocycles. The van der Waals surface area contributed by atoms with E-state index < -0.39 is 17.1 Å². The van der Waals surface area contributed by atoms with Gasteiger partial charge in [-0.3, -0.25) is 0 Å². The first-order valence-corrected chi connectivity index (χ1v) is 3.56. The molecule has 0 aromatic rings. The van der Waals surface area contributed by atoms with Gasteiger partial charge in [0, 0.05) is 4.91 Å². The number of alkyl halides is 3. The molecule has 6 heteroatoms. The van der Waals surface area contributed by atoms with E-state index in [1.54, 1.807) is 0 Å². The van der Waals surface area contributed by atoms with Crippen molar-refractivity contribution in [2.75, 3.05) is 0 Å². The number of rotatable bonds is 1. The smallest absolute Gasteiger partial charge is 0.171 e. The Hall–Kier alpha value is -0.900. The summed E-state index contributed by atoms with van der Waals surface area (Å²) in [6, 6.07) is 0. The highest BCUT2D eigenvalue weighted by atomic mass is 19.4. The highest BCUT2D eigenvalue weighted by Crippen LogP contribution is 2.75. The Balaban J connectivity index is 2.09. The van der Waals surface area contributed by atoms with Crippen LogP contribution in [0.2, 0.25) is 0 Å². The molecule has 0 heterocycles. The van der Waals surface area contributed by atoms with E-state index in [9.17, 15) is 13.2 Å². The van der Waals surface area contributed by atoms with Gasteiger partial charge in [0.1, 0.15) is 0 Å². The summed E-state index contributed by atoms with van der Waals surface area (Å²) >= 11 is 0. The summed E-state index contributed by atoms with van der Waals surface area (Å²) in [6.45, 7) is 0. The Labute approximate surface area is 66.2 Å². The van der Waals surface area contributed by atoms with Gasteiger partial charge in [-0.25, -0.2) is 0 Å². The van der Waals surface area contributed by atoms with Crippen LogP contribution in [0, 0.1) is 5.41 Å². The summed E-state index contributed by atoms with van der Waals surface area (Å²) in [7, 11) is 0. The van der Waals surface area contributed by atoms with Crippen molar-refractivity contribution in [3.63, 3.8) is 0 Å². The molecule has 0 radical (unpaired) electrons. The molecule has 0 saturated heterocycles. The quantitative estimate of drug-likeness (QED) is 0.336. The fourth-order valence-electron chi connectivity index (χ4n) is 2.24. The Morgan fingerprint density at radius 2 is 1.75 bits per heavy atom. The van der Waals surface area contributed by atoms with E-state index in [1.807, 2.05) is 0 Å². The van der Waals surface area contributed by atoms with Gasteiger partial charge in [0.15, 0.2) is 0 Å². The fraction of sp³-hybridized carbons (Fsp3) is 1.00. The highest BCUT2D eigenvalue weighted by Gasteiger charge is 2.78. The first-order chi connectivity index (χ1) is 5.43. The fourth-order valence-corrected chi connectivity index (χ4v) is 2.24. The Morgan fingerprint density at radius 3 is 2.08 bits per heavy atom. The lowest BCUT2D eigenvalue weighted by Crippen LogP contribution is -2.71. The summed E-state index contributed by atoms with van der Waals surface area (Å²) < 4.78 is 36.6. The second-order valence-electron chi connectivity index (χ2n) is 3.72. The largest absolute Gasteiger partial charge is 0.394 e. The van der Waals surface area contributed by atoms with Crippen molar-refractivity contribution in [1.82, 2.24) is 0 Å². The molecule has 3 aliphatic rings. The molecular weight excluding hydrogens is 171 g/mol. The van der Waals surface area contributed by atoms with Gasteiger partial charge in [-0.05, 0) is 24.8 Å². The molecule has 3 nitrogen and oxygen atoms in total. The molecule has 3 fully saturated rings. The van der Waals surface area contributed by atoms with E-state index in [1.165, 1.54) is 0 Å². The Bertz CT molecular complexity index is 256. The van der Waals surface area contributed by atoms with Gasteiger partial charge in [0.25, 0.3) is 0 Å². The Kier molecular flexibility index (Phi) is 1.10. The number of azide groups is 1. The first kappa shape index (κ1) is 7.73. The van der Waals surface area contributed by atoms with Crippen LogP contribution in [0.4, 0.5) is 13.2 Å². The molecule has 12 heavy (non-hydrogen) atoms. The van der Waals surface area contributed by atoms with Gasteiger partial charge < -0.3 is 0 Å². The normalized spacial score (nSPS) is 43.9. The molecular formula is C6H6F3N3. The standard InChI is InChI=1S/C6H6F3N3/c7-6(8,9)4-1-5(2-4,3-4)11-12-10/h1-3H2. The van der Waals surface area contributed by atoms with Crippen LogP contribution >= 0.6 is 0 Å². The average Bonchev–Trinajstić information content (AvgIpc) is 1.70. The molecule has 0 atom stereocenters. The minimum Gasteiger partial charge on any atom is -0.171 e. The number of nitrogens with zero attached hydrogens (tertiary/aromatic N) is 3. The average molecular weight is 177 g/mol. The number of hydrogen-bond donors (Lipinski definition) is 0. The lowest BCUT2D eigenvalue weighted by Gasteiger charge is -2.68. The molecule has 0 aromatic carbocycles. The van der Waals surface area contributed by atoms with Gasteiger partial charge in [0.05, 0.1) is 11.0 Å². The minimum atomic E-state index is -4.11. The van der Waals surface area contributed by atoms with Gasteiger partial charge in [-0.1, -0.05) is 5.11 Å². The van der Waals surface area contributed by atoms with Crippen molar-refractivity contribution in [2.24, 2.45) is 10.5 Å². The van der Waals surface area contributed by atoms with Crippen LogP contribution in [0.1, 0.15) is 19.3 Å². The van der Waals surface area contributed by atoms with Gasteiger partial charge in [-0.2, -0.15) is 13.2 Å². The zero-order valence-electron chi connectivity index (χ0n) is 6.10. The minimum absolute atomic E-state index is 0.00639. The number of halogens is 3. The third-order valence-corrected chi connectivity index (χ3v) is 2.86. The summed E-state index contributed by atoms with van der Waals surface area (Å²) in [6.07, 6.45) is -4.13. The summed E-state index contributed by atoms with van der Waals surface area (Å²) in [5.74, 6) is 0. The third-order valence-electron chi connectivity index (χ3n) is 2.86. The lowest BCUT2D eigenvalue weighted by molar-refractivity contribution is -0.331. The van der Waals surface area contributed by atoms with Crippen LogP contribution < -0.4 is 0 Å². The van der Waals surface area contributed by atoms with E-state index in [0.29, 0.717) is 0 Å². The lowest BCUT2D eigenvalue weighted by atomic mass is 9.39. The summed E-state index contributed by atoms with van der Waals surface area (Å²) in [5, 5.41) is 3.37. The molecule has 0 spiro atoms. The Morgan fingerprint density at radius 1 is 1.25 bits per heavy atom. The monoisotopic (exact) mass is 177 g/mol. The van der Waals surface area contributed by atoms with E-state index in [4.69, 9.17) is 5.53 Å². The maximum absolute atomic E-state index is 12.2. The molecule has 2 bridgehead atoms. The van der Waals surface area contributed by atoms with E-state index in [2.05, 4.69) is 10.0 Å².